The lowest BCUT2D eigenvalue weighted by atomic mass is 10.1. The molecule has 5 nitrogen and oxygen atoms in total. The molecule has 1 fully saturated rings. The Morgan fingerprint density at radius 1 is 1.15 bits per heavy atom. The van der Waals surface area contributed by atoms with Crippen LogP contribution < -0.4 is 4.90 Å². The summed E-state index contributed by atoms with van der Waals surface area (Å²) < 4.78 is 4.73. The summed E-state index contributed by atoms with van der Waals surface area (Å²) in [6.07, 6.45) is 0. The molecule has 0 aliphatic carbocycles. The van der Waals surface area contributed by atoms with Crippen LogP contribution in [-0.2, 0) is 16.1 Å². The summed E-state index contributed by atoms with van der Waals surface area (Å²) in [5.74, 6) is 0.248. The number of anilines is 1. The van der Waals surface area contributed by atoms with Crippen molar-refractivity contribution in [2.24, 2.45) is 0 Å². The Hall–Kier alpha value is -2.47. The molecule has 136 valence electrons. The molecule has 0 spiro atoms. The first-order valence-corrected chi connectivity index (χ1v) is 9.40. The normalized spacial score (nSPS) is 16.7. The molecule has 6 heteroatoms. The van der Waals surface area contributed by atoms with E-state index in [1.807, 2.05) is 36.0 Å². The number of amides is 1. The molecule has 1 heterocycles. The predicted molar refractivity (Wildman–Crippen MR) is 104 cm³/mol. The Kier molecular flexibility index (Phi) is 5.52. The van der Waals surface area contributed by atoms with E-state index in [-0.39, 0.29) is 17.3 Å². The van der Waals surface area contributed by atoms with Crippen LogP contribution in [0.25, 0.3) is 0 Å². The Labute approximate surface area is 157 Å². The van der Waals surface area contributed by atoms with Crippen LogP contribution in [0.15, 0.2) is 48.5 Å². The van der Waals surface area contributed by atoms with E-state index < -0.39 is 0 Å². The van der Waals surface area contributed by atoms with Gasteiger partial charge in [-0.05, 0) is 35.4 Å². The highest BCUT2D eigenvalue weighted by Crippen LogP contribution is 2.39. The van der Waals surface area contributed by atoms with Gasteiger partial charge in [-0.15, -0.1) is 11.8 Å². The summed E-state index contributed by atoms with van der Waals surface area (Å²) in [6.45, 7) is 0.572. The van der Waals surface area contributed by atoms with Gasteiger partial charge >= 0.3 is 5.97 Å². The van der Waals surface area contributed by atoms with Crippen LogP contribution in [0.1, 0.15) is 26.9 Å². The van der Waals surface area contributed by atoms with Crippen molar-refractivity contribution in [2.45, 2.75) is 11.9 Å². The van der Waals surface area contributed by atoms with Crippen molar-refractivity contribution in [3.8, 4) is 0 Å². The van der Waals surface area contributed by atoms with Gasteiger partial charge < -0.3 is 14.5 Å². The van der Waals surface area contributed by atoms with Gasteiger partial charge in [0.2, 0.25) is 5.91 Å². The summed E-state index contributed by atoms with van der Waals surface area (Å²) in [4.78, 5) is 27.9. The minimum atomic E-state index is -0.357. The molecule has 0 bridgehead atoms. The minimum absolute atomic E-state index is 0.0391. The molecule has 1 aliphatic heterocycles. The lowest BCUT2D eigenvalue weighted by Gasteiger charge is -2.25. The second kappa shape index (κ2) is 7.83. The number of hydrogen-bond donors (Lipinski definition) is 0. The molecule has 1 amide bonds. The van der Waals surface area contributed by atoms with Gasteiger partial charge in [-0.1, -0.05) is 24.3 Å². The fourth-order valence-electron chi connectivity index (χ4n) is 2.90. The topological polar surface area (TPSA) is 49.9 Å². The van der Waals surface area contributed by atoms with E-state index in [0.717, 1.165) is 16.8 Å². The average molecular weight is 370 g/mol. The predicted octanol–water partition coefficient (Wildman–Crippen LogP) is 3.31. The van der Waals surface area contributed by atoms with Crippen molar-refractivity contribution < 1.29 is 14.3 Å². The molecule has 0 aromatic heterocycles. The largest absolute Gasteiger partial charge is 0.465 e. The number of carbonyl (C=O) groups excluding carboxylic acids is 2. The molecule has 1 aliphatic rings. The maximum atomic E-state index is 12.4. The van der Waals surface area contributed by atoms with Gasteiger partial charge in [0, 0.05) is 26.3 Å². The third-order valence-corrected chi connectivity index (χ3v) is 5.65. The second-order valence-electron chi connectivity index (χ2n) is 6.36. The van der Waals surface area contributed by atoms with Crippen LogP contribution in [0.5, 0.6) is 0 Å². The molecule has 0 saturated carbocycles. The van der Waals surface area contributed by atoms with Crippen molar-refractivity contribution in [1.29, 1.82) is 0 Å². The third kappa shape index (κ3) is 3.85. The monoisotopic (exact) mass is 370 g/mol. The van der Waals surface area contributed by atoms with Crippen LogP contribution in [0.4, 0.5) is 5.69 Å². The Morgan fingerprint density at radius 3 is 2.38 bits per heavy atom. The molecular formula is C20H22N2O3S. The minimum Gasteiger partial charge on any atom is -0.465 e. The highest BCUT2D eigenvalue weighted by molar-refractivity contribution is 8.00. The molecule has 0 N–H and O–H groups in total. The molecule has 26 heavy (non-hydrogen) atoms. The first-order chi connectivity index (χ1) is 12.5. The molecule has 2 aromatic carbocycles. The van der Waals surface area contributed by atoms with Crippen molar-refractivity contribution in [3.05, 3.63) is 65.2 Å². The smallest absolute Gasteiger partial charge is 0.337 e. The molecule has 0 radical (unpaired) electrons. The zero-order chi connectivity index (χ0) is 18.7. The number of ether oxygens (including phenoxy) is 1. The highest BCUT2D eigenvalue weighted by Gasteiger charge is 2.32. The zero-order valence-corrected chi connectivity index (χ0v) is 16.0. The first kappa shape index (κ1) is 18.3. The summed E-state index contributed by atoms with van der Waals surface area (Å²) >= 11 is 1.61. The van der Waals surface area contributed by atoms with Crippen LogP contribution in [0, 0.1) is 0 Å². The van der Waals surface area contributed by atoms with E-state index in [4.69, 9.17) is 4.74 Å². The van der Waals surface area contributed by atoms with E-state index in [9.17, 15) is 9.59 Å². The second-order valence-corrected chi connectivity index (χ2v) is 7.43. The number of benzene rings is 2. The van der Waals surface area contributed by atoms with E-state index in [0.29, 0.717) is 17.9 Å². The molecule has 3 rings (SSSR count). The molecule has 2 aromatic rings. The summed E-state index contributed by atoms with van der Waals surface area (Å²) in [5, 5.41) is -0.0391. The third-order valence-electron chi connectivity index (χ3n) is 4.39. The SMILES string of the molecule is COC(=O)c1ccc(C2SCC(=O)N2Cc2ccc(N(C)C)cc2)cc1. The van der Waals surface area contributed by atoms with Gasteiger partial charge in [-0.3, -0.25) is 4.79 Å². The van der Waals surface area contributed by atoms with Crippen molar-refractivity contribution in [2.75, 3.05) is 31.9 Å². The van der Waals surface area contributed by atoms with Crippen LogP contribution >= 0.6 is 11.8 Å². The lowest BCUT2D eigenvalue weighted by Crippen LogP contribution is -2.27. The van der Waals surface area contributed by atoms with Crippen molar-refractivity contribution in [3.63, 3.8) is 0 Å². The maximum Gasteiger partial charge on any atom is 0.337 e. The summed E-state index contributed by atoms with van der Waals surface area (Å²) in [5.41, 5.74) is 3.75. The van der Waals surface area contributed by atoms with E-state index in [2.05, 4.69) is 24.3 Å². The maximum absolute atomic E-state index is 12.4. The standard InChI is InChI=1S/C20H22N2O3S/c1-21(2)17-10-4-14(5-11-17)12-22-18(23)13-26-19(22)15-6-8-16(9-7-15)20(24)25-3/h4-11,19H,12-13H2,1-3H3. The number of thioether (sulfide) groups is 1. The zero-order valence-electron chi connectivity index (χ0n) is 15.1. The van der Waals surface area contributed by atoms with E-state index in [1.54, 1.807) is 23.9 Å². The van der Waals surface area contributed by atoms with E-state index in [1.165, 1.54) is 7.11 Å². The molecular weight excluding hydrogens is 348 g/mol. The van der Waals surface area contributed by atoms with E-state index >= 15 is 0 Å². The fourth-order valence-corrected chi connectivity index (χ4v) is 4.09. The van der Waals surface area contributed by atoms with Crippen LogP contribution in [-0.4, -0.2) is 43.7 Å². The van der Waals surface area contributed by atoms with Crippen molar-refractivity contribution >= 4 is 29.3 Å². The lowest BCUT2D eigenvalue weighted by molar-refractivity contribution is -0.128. The van der Waals surface area contributed by atoms with Crippen LogP contribution in [0.2, 0.25) is 0 Å². The average Bonchev–Trinajstić information content (AvgIpc) is 3.02. The first-order valence-electron chi connectivity index (χ1n) is 8.35. The summed E-state index contributed by atoms with van der Waals surface area (Å²) in [7, 11) is 5.37. The van der Waals surface area contributed by atoms with Gasteiger partial charge in [-0.25, -0.2) is 4.79 Å². The Bertz CT molecular complexity index is 788. The molecule has 1 atom stereocenters. The number of rotatable bonds is 5. The summed E-state index contributed by atoms with van der Waals surface area (Å²) in [6, 6.07) is 15.5. The number of esters is 1. The highest BCUT2D eigenvalue weighted by atomic mass is 32.2. The van der Waals surface area contributed by atoms with Gasteiger partial charge in [-0.2, -0.15) is 0 Å². The Balaban J connectivity index is 1.77. The molecule has 1 unspecified atom stereocenters. The van der Waals surface area contributed by atoms with Crippen molar-refractivity contribution in [1.82, 2.24) is 4.90 Å². The number of carbonyl (C=O) groups is 2. The molecule has 1 saturated heterocycles. The van der Waals surface area contributed by atoms with Gasteiger partial charge in [0.05, 0.1) is 18.4 Å². The number of nitrogens with zero attached hydrogens (tertiary/aromatic N) is 2. The van der Waals surface area contributed by atoms with Gasteiger partial charge in [0.25, 0.3) is 0 Å². The van der Waals surface area contributed by atoms with Crippen LogP contribution in [0.3, 0.4) is 0 Å². The van der Waals surface area contributed by atoms with Gasteiger partial charge in [0.1, 0.15) is 5.37 Å². The number of methoxy groups -OCH3 is 1. The fraction of sp³-hybridized carbons (Fsp3) is 0.300. The quantitative estimate of drug-likeness (QED) is 0.756. The number of hydrogen-bond acceptors (Lipinski definition) is 5. The Morgan fingerprint density at radius 2 is 1.81 bits per heavy atom. The van der Waals surface area contributed by atoms with Gasteiger partial charge in [0.15, 0.2) is 0 Å².